The molecule has 0 unspecified atom stereocenters. The number of carbonyl (C=O) groups is 1. The molecule has 6 heteroatoms. The van der Waals surface area contributed by atoms with E-state index in [4.69, 9.17) is 9.47 Å². The molecule has 0 atom stereocenters. The van der Waals surface area contributed by atoms with Gasteiger partial charge in [0, 0.05) is 18.0 Å². The molecule has 1 N–H and O–H groups in total. The van der Waals surface area contributed by atoms with E-state index in [9.17, 15) is 4.79 Å². The first-order valence-electron chi connectivity index (χ1n) is 9.20. The van der Waals surface area contributed by atoms with Crippen LogP contribution in [-0.2, 0) is 9.53 Å². The van der Waals surface area contributed by atoms with Gasteiger partial charge in [-0.05, 0) is 38.1 Å². The van der Waals surface area contributed by atoms with Gasteiger partial charge in [-0.1, -0.05) is 36.4 Å². The number of esters is 1. The predicted molar refractivity (Wildman–Crippen MR) is 109 cm³/mol. The van der Waals surface area contributed by atoms with Gasteiger partial charge in [0.2, 0.25) is 5.88 Å². The highest BCUT2D eigenvalue weighted by Crippen LogP contribution is 2.25. The fourth-order valence-electron chi connectivity index (χ4n) is 2.64. The summed E-state index contributed by atoms with van der Waals surface area (Å²) in [5.74, 6) is 0.102. The predicted octanol–water partition coefficient (Wildman–Crippen LogP) is 4.29. The lowest BCUT2D eigenvalue weighted by atomic mass is 10.2. The normalized spacial score (nSPS) is 11.1. The summed E-state index contributed by atoms with van der Waals surface area (Å²) in [6, 6.07) is 20.9. The highest BCUT2D eigenvalue weighted by molar-refractivity contribution is 6.16. The number of hydrogen-bond acceptors (Lipinski definition) is 5. The van der Waals surface area contributed by atoms with E-state index < -0.39 is 5.97 Å². The number of aromatic nitrogens is 2. The summed E-state index contributed by atoms with van der Waals surface area (Å²) in [4.78, 5) is 12.6. The molecule has 1 heterocycles. The van der Waals surface area contributed by atoms with Gasteiger partial charge >= 0.3 is 5.97 Å². The fraction of sp³-hybridized carbons (Fsp3) is 0.182. The van der Waals surface area contributed by atoms with Crippen LogP contribution >= 0.6 is 0 Å². The first-order valence-corrected chi connectivity index (χ1v) is 9.20. The summed E-state index contributed by atoms with van der Waals surface area (Å²) in [7, 11) is 0. The van der Waals surface area contributed by atoms with Crippen molar-refractivity contribution in [2.75, 3.05) is 18.5 Å². The Morgan fingerprint density at radius 1 is 1.04 bits per heavy atom. The summed E-state index contributed by atoms with van der Waals surface area (Å²) in [5, 5.41) is 7.73. The van der Waals surface area contributed by atoms with Crippen LogP contribution in [0, 0.1) is 0 Å². The van der Waals surface area contributed by atoms with E-state index in [-0.39, 0.29) is 6.61 Å². The zero-order valence-corrected chi connectivity index (χ0v) is 16.0. The van der Waals surface area contributed by atoms with E-state index in [0.29, 0.717) is 23.8 Å². The third-order valence-electron chi connectivity index (χ3n) is 3.90. The van der Waals surface area contributed by atoms with Gasteiger partial charge in [-0.25, -0.2) is 9.48 Å². The maximum Gasteiger partial charge on any atom is 0.341 e. The first-order chi connectivity index (χ1) is 13.7. The molecule has 0 saturated carbocycles. The standard InChI is InChI=1S/C22H23N3O3/c1-3-27-21-15-20(24-25(21)18-13-9-6-10-14-18)19(22(26)28-4-2)16-23-17-11-7-5-8-12-17/h5-16,23H,3-4H2,1-2H3/b19-16+. The average molecular weight is 377 g/mol. The smallest absolute Gasteiger partial charge is 0.341 e. The number of nitrogens with zero attached hydrogens (tertiary/aromatic N) is 2. The topological polar surface area (TPSA) is 65.4 Å². The average Bonchev–Trinajstić information content (AvgIpc) is 3.14. The number of benzene rings is 2. The number of rotatable bonds is 8. The van der Waals surface area contributed by atoms with Crippen LogP contribution in [0.1, 0.15) is 19.5 Å². The largest absolute Gasteiger partial charge is 0.478 e. The number of carbonyl (C=O) groups excluding carboxylic acids is 1. The summed E-state index contributed by atoms with van der Waals surface area (Å²) in [5.41, 5.74) is 2.49. The minimum absolute atomic E-state index is 0.277. The third-order valence-corrected chi connectivity index (χ3v) is 3.90. The van der Waals surface area contributed by atoms with Gasteiger partial charge < -0.3 is 14.8 Å². The number of para-hydroxylation sites is 2. The van der Waals surface area contributed by atoms with Gasteiger partial charge in [-0.15, -0.1) is 0 Å². The van der Waals surface area contributed by atoms with Crippen LogP contribution in [-0.4, -0.2) is 29.0 Å². The van der Waals surface area contributed by atoms with Crippen molar-refractivity contribution in [3.63, 3.8) is 0 Å². The third kappa shape index (κ3) is 4.59. The van der Waals surface area contributed by atoms with Crippen molar-refractivity contribution in [1.29, 1.82) is 0 Å². The highest BCUT2D eigenvalue weighted by atomic mass is 16.5. The first kappa shape index (κ1) is 19.2. The Balaban J connectivity index is 2.00. The maximum absolute atomic E-state index is 12.6. The van der Waals surface area contributed by atoms with Crippen molar-refractivity contribution in [1.82, 2.24) is 9.78 Å². The Labute approximate surface area is 164 Å². The molecule has 28 heavy (non-hydrogen) atoms. The van der Waals surface area contributed by atoms with Crippen molar-refractivity contribution < 1.29 is 14.3 Å². The Kier molecular flexibility index (Phi) is 6.46. The number of anilines is 1. The molecule has 3 aromatic rings. The van der Waals surface area contributed by atoms with Gasteiger partial charge in [0.1, 0.15) is 11.3 Å². The summed E-state index contributed by atoms with van der Waals surface area (Å²) in [6.07, 6.45) is 1.61. The molecule has 0 radical (unpaired) electrons. The molecule has 0 amide bonds. The molecule has 3 rings (SSSR count). The van der Waals surface area contributed by atoms with E-state index in [1.807, 2.05) is 67.6 Å². The zero-order valence-electron chi connectivity index (χ0n) is 16.0. The minimum Gasteiger partial charge on any atom is -0.478 e. The Hall–Kier alpha value is -3.54. The second-order valence-electron chi connectivity index (χ2n) is 5.84. The molecular formula is C22H23N3O3. The lowest BCUT2D eigenvalue weighted by Crippen LogP contribution is -2.09. The Morgan fingerprint density at radius 3 is 2.36 bits per heavy atom. The van der Waals surface area contributed by atoms with Crippen LogP contribution in [0.5, 0.6) is 5.88 Å². The fourth-order valence-corrected chi connectivity index (χ4v) is 2.64. The second kappa shape index (κ2) is 9.41. The van der Waals surface area contributed by atoms with E-state index in [2.05, 4.69) is 10.4 Å². The van der Waals surface area contributed by atoms with Crippen LogP contribution in [0.2, 0.25) is 0 Å². The molecule has 0 bridgehead atoms. The van der Waals surface area contributed by atoms with Gasteiger partial charge in [0.15, 0.2) is 0 Å². The number of nitrogens with one attached hydrogen (secondary N) is 1. The number of hydrogen-bond donors (Lipinski definition) is 1. The zero-order chi connectivity index (χ0) is 19.8. The molecule has 0 saturated heterocycles. The molecule has 6 nitrogen and oxygen atoms in total. The maximum atomic E-state index is 12.6. The molecule has 0 spiro atoms. The highest BCUT2D eigenvalue weighted by Gasteiger charge is 2.20. The van der Waals surface area contributed by atoms with Crippen LogP contribution in [0.3, 0.4) is 0 Å². The summed E-state index contributed by atoms with van der Waals surface area (Å²) >= 11 is 0. The summed E-state index contributed by atoms with van der Waals surface area (Å²) in [6.45, 7) is 4.44. The molecular weight excluding hydrogens is 354 g/mol. The van der Waals surface area contributed by atoms with Gasteiger partial charge in [0.05, 0.1) is 18.9 Å². The lowest BCUT2D eigenvalue weighted by molar-refractivity contribution is -0.136. The molecule has 2 aromatic carbocycles. The van der Waals surface area contributed by atoms with E-state index >= 15 is 0 Å². The molecule has 0 fully saturated rings. The van der Waals surface area contributed by atoms with Gasteiger partial charge in [0.25, 0.3) is 0 Å². The van der Waals surface area contributed by atoms with Crippen molar-refractivity contribution in [2.24, 2.45) is 0 Å². The van der Waals surface area contributed by atoms with Gasteiger partial charge in [-0.3, -0.25) is 0 Å². The molecule has 0 aliphatic rings. The van der Waals surface area contributed by atoms with Crippen LogP contribution in [0.15, 0.2) is 72.9 Å². The van der Waals surface area contributed by atoms with E-state index in [1.165, 1.54) is 0 Å². The monoisotopic (exact) mass is 377 g/mol. The minimum atomic E-state index is -0.452. The van der Waals surface area contributed by atoms with Crippen LogP contribution < -0.4 is 10.1 Å². The van der Waals surface area contributed by atoms with Gasteiger partial charge in [-0.2, -0.15) is 5.10 Å². The second-order valence-corrected chi connectivity index (χ2v) is 5.84. The lowest BCUT2D eigenvalue weighted by Gasteiger charge is -2.07. The van der Waals surface area contributed by atoms with Crippen molar-refractivity contribution in [3.8, 4) is 11.6 Å². The molecule has 144 valence electrons. The van der Waals surface area contributed by atoms with E-state index in [1.54, 1.807) is 23.9 Å². The van der Waals surface area contributed by atoms with Crippen LogP contribution in [0.4, 0.5) is 5.69 Å². The van der Waals surface area contributed by atoms with Crippen molar-refractivity contribution >= 4 is 17.2 Å². The van der Waals surface area contributed by atoms with Crippen LogP contribution in [0.25, 0.3) is 11.3 Å². The SMILES string of the molecule is CCOC(=O)/C(=C/Nc1ccccc1)c1cc(OCC)n(-c2ccccc2)n1. The number of ether oxygens (including phenoxy) is 2. The molecule has 0 aliphatic carbocycles. The summed E-state index contributed by atoms with van der Waals surface area (Å²) < 4.78 is 12.6. The Morgan fingerprint density at radius 2 is 1.71 bits per heavy atom. The van der Waals surface area contributed by atoms with E-state index in [0.717, 1.165) is 11.4 Å². The van der Waals surface area contributed by atoms with Crippen molar-refractivity contribution in [3.05, 3.63) is 78.6 Å². The quantitative estimate of drug-likeness (QED) is 0.469. The Bertz CT molecular complexity index is 934. The van der Waals surface area contributed by atoms with Crippen molar-refractivity contribution in [2.45, 2.75) is 13.8 Å². The molecule has 0 aliphatic heterocycles. The molecule has 1 aromatic heterocycles.